The van der Waals surface area contributed by atoms with Crippen LogP contribution in [0.3, 0.4) is 0 Å². The number of nitrogens with zero attached hydrogens (tertiary/aromatic N) is 3. The minimum absolute atomic E-state index is 0.0864. The molecular weight excluding hydrogens is 632 g/mol. The standard InChI is InChI=1S/C25H38N4O8.C7H12O4/c1-34-22(30)10-8-20(24(32)36-3)28-14-12-26-13-15-29(17-19-7-5-6-18(16-28)27-19)21(25(33)37-4)9-11-23(31)35-2;1-10-6(8)4-3-5-7(9)11-2/h5-7,20-21,26H,8-17H2,1-4H3;3-5H2,1-2H3/t20-,21-;/m1./s1. The van der Waals surface area contributed by atoms with Crippen molar-refractivity contribution in [2.45, 2.75) is 70.1 Å². The summed E-state index contributed by atoms with van der Waals surface area (Å²) in [5, 5.41) is 3.36. The molecule has 2 atom stereocenters. The first-order valence-corrected chi connectivity index (χ1v) is 15.6. The number of nitrogens with one attached hydrogen (secondary N) is 1. The minimum atomic E-state index is -0.641. The van der Waals surface area contributed by atoms with Gasteiger partial charge in [-0.3, -0.25) is 43.6 Å². The quantitative estimate of drug-likeness (QED) is 0.214. The summed E-state index contributed by atoms with van der Waals surface area (Å²) < 4.78 is 28.3. The number of aromatic nitrogens is 1. The van der Waals surface area contributed by atoms with Crippen molar-refractivity contribution < 1.29 is 57.2 Å². The number of hydrogen-bond acceptors (Lipinski definition) is 16. The molecular formula is C32H50N4O12. The van der Waals surface area contributed by atoms with Gasteiger partial charge in [0.25, 0.3) is 0 Å². The predicted octanol–water partition coefficient (Wildman–Crippen LogP) is 0.781. The second-order valence-electron chi connectivity index (χ2n) is 10.6. The topological polar surface area (TPSA) is 189 Å². The molecule has 1 aromatic rings. The molecule has 0 aromatic carbocycles. The minimum Gasteiger partial charge on any atom is -0.469 e. The summed E-state index contributed by atoms with van der Waals surface area (Å²) in [4.78, 5) is 78.4. The molecule has 0 spiro atoms. The molecule has 2 bridgehead atoms. The smallest absolute Gasteiger partial charge is 0.323 e. The van der Waals surface area contributed by atoms with Gasteiger partial charge in [0, 0.05) is 65.0 Å². The summed E-state index contributed by atoms with van der Waals surface area (Å²) in [6.07, 6.45) is 1.71. The molecule has 0 unspecified atom stereocenters. The van der Waals surface area contributed by atoms with Crippen LogP contribution >= 0.6 is 0 Å². The highest BCUT2D eigenvalue weighted by Gasteiger charge is 2.30. The number of esters is 6. The number of carbonyl (C=O) groups is 6. The number of ether oxygens (including phenoxy) is 6. The van der Waals surface area contributed by atoms with Crippen LogP contribution in [0, 0.1) is 0 Å². The van der Waals surface area contributed by atoms with Gasteiger partial charge in [0.2, 0.25) is 0 Å². The predicted molar refractivity (Wildman–Crippen MR) is 170 cm³/mol. The first kappa shape index (κ1) is 41.9. The van der Waals surface area contributed by atoms with Gasteiger partial charge < -0.3 is 33.7 Å². The number of hydrogen-bond donors (Lipinski definition) is 1. The maximum absolute atomic E-state index is 12.6. The first-order valence-electron chi connectivity index (χ1n) is 15.6. The Hall–Kier alpha value is -4.15. The third-order valence-electron chi connectivity index (χ3n) is 7.49. The summed E-state index contributed by atoms with van der Waals surface area (Å²) in [6, 6.07) is 4.32. The second kappa shape index (κ2) is 24.1. The molecule has 16 heteroatoms. The fourth-order valence-electron chi connectivity index (χ4n) is 4.85. The molecule has 16 nitrogen and oxygen atoms in total. The van der Waals surface area contributed by atoms with Crippen molar-refractivity contribution in [2.75, 3.05) is 68.8 Å². The first-order chi connectivity index (χ1) is 23.0. The molecule has 270 valence electrons. The Balaban J connectivity index is 0.000000894. The van der Waals surface area contributed by atoms with E-state index < -0.39 is 36.0 Å². The van der Waals surface area contributed by atoms with Crippen LogP contribution in [0.2, 0.25) is 0 Å². The van der Waals surface area contributed by atoms with Gasteiger partial charge in [0.15, 0.2) is 0 Å². The van der Waals surface area contributed by atoms with E-state index in [4.69, 9.17) is 23.9 Å². The van der Waals surface area contributed by atoms with Crippen molar-refractivity contribution in [1.82, 2.24) is 20.1 Å². The molecule has 2 heterocycles. The Morgan fingerprint density at radius 1 is 0.625 bits per heavy atom. The highest BCUT2D eigenvalue weighted by Crippen LogP contribution is 2.17. The van der Waals surface area contributed by atoms with Crippen molar-refractivity contribution in [3.8, 4) is 0 Å². The van der Waals surface area contributed by atoms with Crippen molar-refractivity contribution in [2.24, 2.45) is 0 Å². The van der Waals surface area contributed by atoms with Gasteiger partial charge in [0.05, 0.1) is 54.0 Å². The van der Waals surface area contributed by atoms with Gasteiger partial charge in [0.1, 0.15) is 12.1 Å². The zero-order chi connectivity index (χ0) is 35.9. The Labute approximate surface area is 281 Å². The van der Waals surface area contributed by atoms with Crippen LogP contribution in [0.4, 0.5) is 0 Å². The SMILES string of the molecule is COC(=O)CCCC(=O)OC.COC(=O)CC[C@H](C(=O)OC)N1CCNCCN([C@H](CCC(=O)OC)C(=O)OC)Cc2cccc(n2)C1. The zero-order valence-corrected chi connectivity index (χ0v) is 28.8. The normalized spacial score (nSPS) is 15.0. The summed E-state index contributed by atoms with van der Waals surface area (Å²) in [7, 11) is 7.92. The van der Waals surface area contributed by atoms with Crippen LogP contribution < -0.4 is 5.32 Å². The average molecular weight is 683 g/mol. The summed E-state index contributed by atoms with van der Waals surface area (Å²) in [5.74, 6) is -2.24. The molecule has 0 amide bonds. The Morgan fingerprint density at radius 3 is 1.35 bits per heavy atom. The van der Waals surface area contributed by atoms with Gasteiger partial charge in [-0.15, -0.1) is 0 Å². The van der Waals surface area contributed by atoms with Gasteiger partial charge >= 0.3 is 35.8 Å². The number of carbonyl (C=O) groups excluding carboxylic acids is 6. The largest absolute Gasteiger partial charge is 0.469 e. The Bertz CT molecular complexity index is 1100. The van der Waals surface area contributed by atoms with Crippen molar-refractivity contribution in [3.63, 3.8) is 0 Å². The molecule has 0 radical (unpaired) electrons. The van der Waals surface area contributed by atoms with Crippen LogP contribution in [-0.2, 0) is 70.3 Å². The molecule has 1 aliphatic heterocycles. The molecule has 0 fully saturated rings. The second-order valence-corrected chi connectivity index (χ2v) is 10.6. The third kappa shape index (κ3) is 16.1. The van der Waals surface area contributed by atoms with E-state index in [0.717, 1.165) is 11.4 Å². The molecule has 1 aromatic heterocycles. The van der Waals surface area contributed by atoms with Gasteiger partial charge in [-0.1, -0.05) is 6.07 Å². The summed E-state index contributed by atoms with van der Waals surface area (Å²) in [5.41, 5.74) is 1.46. The summed E-state index contributed by atoms with van der Waals surface area (Å²) in [6.45, 7) is 2.80. The van der Waals surface area contributed by atoms with Crippen LogP contribution in [0.5, 0.6) is 0 Å². The van der Waals surface area contributed by atoms with Gasteiger partial charge in [-0.05, 0) is 31.4 Å². The number of fused-ring (bicyclic) bond motifs is 2. The third-order valence-corrected chi connectivity index (χ3v) is 7.49. The Morgan fingerprint density at radius 2 is 1.00 bits per heavy atom. The monoisotopic (exact) mass is 682 g/mol. The summed E-state index contributed by atoms with van der Waals surface area (Å²) >= 11 is 0. The van der Waals surface area contributed by atoms with Crippen molar-refractivity contribution in [1.29, 1.82) is 0 Å². The maximum atomic E-state index is 12.6. The van der Waals surface area contributed by atoms with E-state index in [1.807, 2.05) is 28.0 Å². The number of pyridine rings is 1. The van der Waals surface area contributed by atoms with Crippen LogP contribution in [-0.4, -0.2) is 132 Å². The van der Waals surface area contributed by atoms with E-state index in [1.54, 1.807) is 0 Å². The Kier molecular flexibility index (Phi) is 21.0. The van der Waals surface area contributed by atoms with Crippen molar-refractivity contribution in [3.05, 3.63) is 29.6 Å². The number of rotatable bonds is 14. The van der Waals surface area contributed by atoms with Gasteiger partial charge in [-0.2, -0.15) is 0 Å². The molecule has 0 saturated carbocycles. The molecule has 2 rings (SSSR count). The molecule has 0 aliphatic carbocycles. The molecule has 48 heavy (non-hydrogen) atoms. The molecule has 1 aliphatic rings. The lowest BCUT2D eigenvalue weighted by Gasteiger charge is -2.32. The van der Waals surface area contributed by atoms with E-state index in [0.29, 0.717) is 45.7 Å². The van der Waals surface area contributed by atoms with E-state index in [1.165, 1.54) is 42.7 Å². The average Bonchev–Trinajstić information content (AvgIpc) is 3.10. The molecule has 1 N–H and O–H groups in total. The fourth-order valence-corrected chi connectivity index (χ4v) is 4.85. The van der Waals surface area contributed by atoms with Gasteiger partial charge in [-0.25, -0.2) is 0 Å². The van der Waals surface area contributed by atoms with E-state index in [2.05, 4.69) is 14.8 Å². The lowest BCUT2D eigenvalue weighted by atomic mass is 10.1. The van der Waals surface area contributed by atoms with Crippen molar-refractivity contribution >= 4 is 35.8 Å². The maximum Gasteiger partial charge on any atom is 0.323 e. The van der Waals surface area contributed by atoms with Crippen LogP contribution in [0.15, 0.2) is 18.2 Å². The zero-order valence-electron chi connectivity index (χ0n) is 28.8. The van der Waals surface area contributed by atoms with E-state index in [9.17, 15) is 28.8 Å². The van der Waals surface area contributed by atoms with Crippen LogP contribution in [0.25, 0.3) is 0 Å². The fraction of sp³-hybridized carbons (Fsp3) is 0.656. The van der Waals surface area contributed by atoms with E-state index in [-0.39, 0.29) is 50.5 Å². The molecule has 0 saturated heterocycles. The van der Waals surface area contributed by atoms with Crippen LogP contribution in [0.1, 0.15) is 56.3 Å². The highest BCUT2D eigenvalue weighted by atomic mass is 16.5. The van der Waals surface area contributed by atoms with E-state index >= 15 is 0 Å². The number of methoxy groups -OCH3 is 6. The lowest BCUT2D eigenvalue weighted by Crippen LogP contribution is -2.47. The highest BCUT2D eigenvalue weighted by molar-refractivity contribution is 5.78. The lowest BCUT2D eigenvalue weighted by molar-refractivity contribution is -0.150.